The molecule has 0 aliphatic carbocycles. The molecule has 0 N–H and O–H groups in total. The average molecular weight is 337 g/mol. The zero-order valence-corrected chi connectivity index (χ0v) is 15.0. The second kappa shape index (κ2) is 8.78. The average Bonchev–Trinajstić information content (AvgIpc) is 2.62. The van der Waals surface area contributed by atoms with Gasteiger partial charge < -0.3 is 18.9 Å². The standard InChI is InChI=1S/C18H27NO5/c1-5-24-18(20)13-6-8-19(9-7-13)12-14-10-16(22-3)17(23-4)11-15(14)21-2/h10-11,13H,5-9,12H2,1-4H3. The fourth-order valence-corrected chi connectivity index (χ4v) is 3.04. The molecule has 134 valence electrons. The Morgan fingerprint density at radius 1 is 1.04 bits per heavy atom. The first-order valence-electron chi connectivity index (χ1n) is 8.30. The molecule has 1 saturated heterocycles. The fraction of sp³-hybridized carbons (Fsp3) is 0.611. The van der Waals surface area contributed by atoms with E-state index in [-0.39, 0.29) is 11.9 Å². The van der Waals surface area contributed by atoms with Gasteiger partial charge in [0.25, 0.3) is 0 Å². The molecule has 0 spiro atoms. The molecule has 1 aromatic carbocycles. The van der Waals surface area contributed by atoms with Crippen molar-refractivity contribution in [2.45, 2.75) is 26.3 Å². The smallest absolute Gasteiger partial charge is 0.309 e. The lowest BCUT2D eigenvalue weighted by molar-refractivity contribution is -0.149. The van der Waals surface area contributed by atoms with E-state index in [0.717, 1.165) is 43.8 Å². The van der Waals surface area contributed by atoms with E-state index in [0.29, 0.717) is 18.1 Å². The van der Waals surface area contributed by atoms with Gasteiger partial charge in [-0.1, -0.05) is 0 Å². The van der Waals surface area contributed by atoms with Gasteiger partial charge in [-0.25, -0.2) is 0 Å². The molecule has 2 rings (SSSR count). The van der Waals surface area contributed by atoms with Gasteiger partial charge >= 0.3 is 5.97 Å². The predicted molar refractivity (Wildman–Crippen MR) is 90.7 cm³/mol. The fourth-order valence-electron chi connectivity index (χ4n) is 3.04. The second-order valence-corrected chi connectivity index (χ2v) is 5.82. The number of benzene rings is 1. The van der Waals surface area contributed by atoms with E-state index in [2.05, 4.69) is 4.90 Å². The third-order valence-electron chi connectivity index (χ3n) is 4.39. The van der Waals surface area contributed by atoms with Crippen molar-refractivity contribution >= 4 is 5.97 Å². The topological polar surface area (TPSA) is 57.2 Å². The molecule has 1 fully saturated rings. The lowest BCUT2D eigenvalue weighted by Gasteiger charge is -2.31. The Labute approximate surface area is 143 Å². The van der Waals surface area contributed by atoms with Gasteiger partial charge in [-0.15, -0.1) is 0 Å². The summed E-state index contributed by atoms with van der Waals surface area (Å²) >= 11 is 0. The molecule has 1 aliphatic rings. The number of ether oxygens (including phenoxy) is 4. The predicted octanol–water partition coefficient (Wildman–Crippen LogP) is 2.49. The highest BCUT2D eigenvalue weighted by molar-refractivity contribution is 5.72. The van der Waals surface area contributed by atoms with Crippen LogP contribution < -0.4 is 14.2 Å². The maximum atomic E-state index is 11.8. The summed E-state index contributed by atoms with van der Waals surface area (Å²) in [5, 5.41) is 0. The van der Waals surface area contributed by atoms with Crippen LogP contribution in [0.5, 0.6) is 17.2 Å². The van der Waals surface area contributed by atoms with E-state index < -0.39 is 0 Å². The van der Waals surface area contributed by atoms with Crippen LogP contribution in [-0.2, 0) is 16.1 Å². The summed E-state index contributed by atoms with van der Waals surface area (Å²) in [5.74, 6) is 2.07. The van der Waals surface area contributed by atoms with Crippen LogP contribution in [0.4, 0.5) is 0 Å². The minimum Gasteiger partial charge on any atom is -0.496 e. The van der Waals surface area contributed by atoms with Gasteiger partial charge in [0, 0.05) is 18.2 Å². The number of esters is 1. The Hall–Kier alpha value is -1.95. The Bertz CT molecular complexity index is 553. The van der Waals surface area contributed by atoms with E-state index >= 15 is 0 Å². The quantitative estimate of drug-likeness (QED) is 0.713. The van der Waals surface area contributed by atoms with Crippen molar-refractivity contribution in [3.8, 4) is 17.2 Å². The largest absolute Gasteiger partial charge is 0.496 e. The van der Waals surface area contributed by atoms with Gasteiger partial charge in [-0.2, -0.15) is 0 Å². The summed E-state index contributed by atoms with van der Waals surface area (Å²) in [6, 6.07) is 3.80. The van der Waals surface area contributed by atoms with Gasteiger partial charge in [0.1, 0.15) is 5.75 Å². The minimum atomic E-state index is -0.0687. The van der Waals surface area contributed by atoms with E-state index in [1.54, 1.807) is 21.3 Å². The first-order valence-corrected chi connectivity index (χ1v) is 8.30. The van der Waals surface area contributed by atoms with Crippen molar-refractivity contribution in [3.63, 3.8) is 0 Å². The van der Waals surface area contributed by atoms with Crippen LogP contribution >= 0.6 is 0 Å². The summed E-state index contributed by atoms with van der Waals surface area (Å²) < 4.78 is 21.3. The van der Waals surface area contributed by atoms with Crippen molar-refractivity contribution in [2.24, 2.45) is 5.92 Å². The summed E-state index contributed by atoms with van der Waals surface area (Å²) in [5.41, 5.74) is 1.05. The third kappa shape index (κ3) is 4.32. The zero-order valence-electron chi connectivity index (χ0n) is 15.0. The normalized spacial score (nSPS) is 15.8. The molecule has 0 amide bonds. The molecule has 0 unspecified atom stereocenters. The number of likely N-dealkylation sites (tertiary alicyclic amines) is 1. The van der Waals surface area contributed by atoms with E-state index in [1.807, 2.05) is 19.1 Å². The number of hydrogen-bond donors (Lipinski definition) is 0. The Morgan fingerprint density at radius 3 is 2.17 bits per heavy atom. The SMILES string of the molecule is CCOC(=O)C1CCN(Cc2cc(OC)c(OC)cc2OC)CC1. The van der Waals surface area contributed by atoms with Gasteiger partial charge in [-0.05, 0) is 38.9 Å². The molecular formula is C18H27NO5. The number of methoxy groups -OCH3 is 3. The van der Waals surface area contributed by atoms with E-state index in [9.17, 15) is 4.79 Å². The molecule has 0 bridgehead atoms. The van der Waals surface area contributed by atoms with Gasteiger partial charge in [0.15, 0.2) is 11.5 Å². The number of carbonyl (C=O) groups is 1. The molecule has 6 heteroatoms. The highest BCUT2D eigenvalue weighted by Gasteiger charge is 2.26. The zero-order chi connectivity index (χ0) is 17.5. The molecule has 0 aromatic heterocycles. The molecule has 6 nitrogen and oxygen atoms in total. The van der Waals surface area contributed by atoms with Crippen molar-refractivity contribution in [1.29, 1.82) is 0 Å². The first-order chi connectivity index (χ1) is 11.6. The highest BCUT2D eigenvalue weighted by Crippen LogP contribution is 2.35. The molecule has 1 heterocycles. The van der Waals surface area contributed by atoms with Crippen LogP contribution in [0, 0.1) is 5.92 Å². The van der Waals surface area contributed by atoms with Crippen LogP contribution in [0.2, 0.25) is 0 Å². The number of nitrogens with zero attached hydrogens (tertiary/aromatic N) is 1. The van der Waals surface area contributed by atoms with Crippen molar-refractivity contribution < 1.29 is 23.7 Å². The van der Waals surface area contributed by atoms with E-state index in [4.69, 9.17) is 18.9 Å². The molecule has 0 atom stereocenters. The minimum absolute atomic E-state index is 0.0218. The van der Waals surface area contributed by atoms with Crippen LogP contribution in [0.25, 0.3) is 0 Å². The molecule has 0 radical (unpaired) electrons. The summed E-state index contributed by atoms with van der Waals surface area (Å²) in [6.07, 6.45) is 1.66. The number of carbonyl (C=O) groups excluding carboxylic acids is 1. The van der Waals surface area contributed by atoms with Crippen LogP contribution in [0.15, 0.2) is 12.1 Å². The number of rotatable bonds is 7. The maximum Gasteiger partial charge on any atom is 0.309 e. The summed E-state index contributed by atoms with van der Waals surface area (Å²) in [4.78, 5) is 14.1. The lowest BCUT2D eigenvalue weighted by Crippen LogP contribution is -2.36. The first kappa shape index (κ1) is 18.4. The van der Waals surface area contributed by atoms with Crippen molar-refractivity contribution in [3.05, 3.63) is 17.7 Å². The second-order valence-electron chi connectivity index (χ2n) is 5.82. The van der Waals surface area contributed by atoms with Crippen molar-refractivity contribution in [2.75, 3.05) is 41.0 Å². The third-order valence-corrected chi connectivity index (χ3v) is 4.39. The van der Waals surface area contributed by atoms with Crippen LogP contribution in [0.1, 0.15) is 25.3 Å². The molecule has 1 aliphatic heterocycles. The van der Waals surface area contributed by atoms with Gasteiger partial charge in [-0.3, -0.25) is 9.69 Å². The maximum absolute atomic E-state index is 11.8. The number of hydrogen-bond acceptors (Lipinski definition) is 6. The Morgan fingerprint density at radius 2 is 1.62 bits per heavy atom. The molecule has 1 aromatic rings. The Kier molecular flexibility index (Phi) is 6.73. The Balaban J connectivity index is 2.03. The van der Waals surface area contributed by atoms with Crippen LogP contribution in [0.3, 0.4) is 0 Å². The molecule has 0 saturated carbocycles. The lowest BCUT2D eigenvalue weighted by atomic mass is 9.96. The number of piperidine rings is 1. The van der Waals surface area contributed by atoms with Crippen LogP contribution in [-0.4, -0.2) is 51.9 Å². The summed E-state index contributed by atoms with van der Waals surface area (Å²) in [6.45, 7) is 4.76. The molecule has 24 heavy (non-hydrogen) atoms. The van der Waals surface area contributed by atoms with Gasteiger partial charge in [0.05, 0.1) is 33.9 Å². The van der Waals surface area contributed by atoms with Crippen molar-refractivity contribution in [1.82, 2.24) is 4.90 Å². The summed E-state index contributed by atoms with van der Waals surface area (Å²) in [7, 11) is 4.88. The molecular weight excluding hydrogens is 310 g/mol. The van der Waals surface area contributed by atoms with E-state index in [1.165, 1.54) is 0 Å². The monoisotopic (exact) mass is 337 g/mol. The van der Waals surface area contributed by atoms with Gasteiger partial charge in [0.2, 0.25) is 0 Å². The highest BCUT2D eigenvalue weighted by atomic mass is 16.5.